The lowest BCUT2D eigenvalue weighted by molar-refractivity contribution is 0.0733. The molecule has 0 aromatic heterocycles. The maximum Gasteiger partial charge on any atom is 0.415 e. The number of nitrogens with one attached hydrogen (secondary N) is 1. The average molecular weight is 243 g/mol. The third-order valence-electron chi connectivity index (χ3n) is 3.48. The molecule has 1 unspecified atom stereocenters. The van der Waals surface area contributed by atoms with Crippen LogP contribution in [0.1, 0.15) is 12.0 Å². The van der Waals surface area contributed by atoms with Crippen molar-refractivity contribution in [2.75, 3.05) is 24.5 Å². The fourth-order valence-corrected chi connectivity index (χ4v) is 2.48. The SMILES string of the molecule is N#Cc1ccc(N2CC3(CCNC3)OC2=O)cc1. The van der Waals surface area contributed by atoms with Gasteiger partial charge in [-0.2, -0.15) is 5.26 Å². The molecule has 0 bridgehead atoms. The minimum atomic E-state index is -0.370. The Hall–Kier alpha value is -2.06. The van der Waals surface area contributed by atoms with Gasteiger partial charge in [0, 0.05) is 18.7 Å². The molecule has 1 atom stereocenters. The molecule has 2 fully saturated rings. The Bertz CT molecular complexity index is 512. The highest BCUT2D eigenvalue weighted by atomic mass is 16.6. The van der Waals surface area contributed by atoms with Crippen LogP contribution in [0.15, 0.2) is 24.3 Å². The van der Waals surface area contributed by atoms with Crippen LogP contribution >= 0.6 is 0 Å². The smallest absolute Gasteiger partial charge is 0.415 e. The molecule has 1 aromatic rings. The zero-order valence-electron chi connectivity index (χ0n) is 9.85. The van der Waals surface area contributed by atoms with Gasteiger partial charge in [0.05, 0.1) is 18.2 Å². The standard InChI is InChI=1S/C13H13N3O2/c14-7-10-1-3-11(4-2-10)16-9-13(18-12(16)17)5-6-15-8-13/h1-4,15H,5-6,8-9H2. The normalized spacial score (nSPS) is 26.4. The minimum absolute atomic E-state index is 0.302. The lowest BCUT2D eigenvalue weighted by atomic mass is 10.0. The predicted octanol–water partition coefficient (Wildman–Crippen LogP) is 1.25. The number of carbonyl (C=O) groups is 1. The molecule has 0 saturated carbocycles. The van der Waals surface area contributed by atoms with E-state index in [1.165, 1.54) is 0 Å². The van der Waals surface area contributed by atoms with E-state index in [1.807, 2.05) is 0 Å². The van der Waals surface area contributed by atoms with Gasteiger partial charge in [-0.05, 0) is 30.8 Å². The number of rotatable bonds is 1. The first-order valence-corrected chi connectivity index (χ1v) is 5.94. The molecule has 18 heavy (non-hydrogen) atoms. The molecule has 0 radical (unpaired) electrons. The van der Waals surface area contributed by atoms with Crippen LogP contribution in [0.4, 0.5) is 10.5 Å². The number of amides is 1. The number of anilines is 1. The van der Waals surface area contributed by atoms with E-state index in [1.54, 1.807) is 29.2 Å². The molecule has 3 rings (SSSR count). The Balaban J connectivity index is 1.84. The maximum absolute atomic E-state index is 11.9. The van der Waals surface area contributed by atoms with Crippen molar-refractivity contribution in [1.29, 1.82) is 5.26 Å². The van der Waals surface area contributed by atoms with Crippen LogP contribution in [0.25, 0.3) is 0 Å². The molecule has 5 heteroatoms. The summed E-state index contributed by atoms with van der Waals surface area (Å²) in [5.74, 6) is 0. The molecule has 2 aliphatic rings. The lowest BCUT2D eigenvalue weighted by Gasteiger charge is -2.19. The number of carbonyl (C=O) groups excluding carboxylic acids is 1. The van der Waals surface area contributed by atoms with Gasteiger partial charge in [-0.1, -0.05) is 0 Å². The quantitative estimate of drug-likeness (QED) is 0.806. The summed E-state index contributed by atoms with van der Waals surface area (Å²) in [6.45, 7) is 2.17. The first kappa shape index (κ1) is 11.1. The number of ether oxygens (including phenoxy) is 1. The van der Waals surface area contributed by atoms with E-state index in [0.29, 0.717) is 18.7 Å². The molecule has 2 saturated heterocycles. The fraction of sp³-hybridized carbons (Fsp3) is 0.385. The second-order valence-electron chi connectivity index (χ2n) is 4.72. The summed E-state index contributed by atoms with van der Waals surface area (Å²) in [6, 6.07) is 9.04. The Kier molecular flexibility index (Phi) is 2.46. The van der Waals surface area contributed by atoms with E-state index in [4.69, 9.17) is 10.00 Å². The predicted molar refractivity (Wildman–Crippen MR) is 65.2 cm³/mol. The van der Waals surface area contributed by atoms with Crippen molar-refractivity contribution in [3.8, 4) is 6.07 Å². The van der Waals surface area contributed by atoms with Gasteiger partial charge in [0.25, 0.3) is 0 Å². The molecule has 5 nitrogen and oxygen atoms in total. The average Bonchev–Trinajstić information content (AvgIpc) is 2.97. The molecular weight excluding hydrogens is 230 g/mol. The minimum Gasteiger partial charge on any atom is -0.439 e. The highest BCUT2D eigenvalue weighted by molar-refractivity contribution is 5.90. The van der Waals surface area contributed by atoms with Crippen molar-refractivity contribution in [1.82, 2.24) is 5.32 Å². The molecular formula is C13H13N3O2. The second-order valence-corrected chi connectivity index (χ2v) is 4.72. The number of benzene rings is 1. The van der Waals surface area contributed by atoms with E-state index < -0.39 is 0 Å². The van der Waals surface area contributed by atoms with Crippen LogP contribution in [0, 0.1) is 11.3 Å². The van der Waals surface area contributed by atoms with Crippen LogP contribution < -0.4 is 10.2 Å². The molecule has 2 heterocycles. The summed E-state index contributed by atoms with van der Waals surface area (Å²) >= 11 is 0. The van der Waals surface area contributed by atoms with Crippen LogP contribution in [-0.2, 0) is 4.74 Å². The summed E-state index contributed by atoms with van der Waals surface area (Å²) in [4.78, 5) is 13.5. The largest absolute Gasteiger partial charge is 0.439 e. The van der Waals surface area contributed by atoms with Crippen molar-refractivity contribution in [3.05, 3.63) is 29.8 Å². The molecule has 0 aliphatic carbocycles. The lowest BCUT2D eigenvalue weighted by Crippen LogP contribution is -2.36. The summed E-state index contributed by atoms with van der Waals surface area (Å²) < 4.78 is 5.49. The number of hydrogen-bond acceptors (Lipinski definition) is 4. The third-order valence-corrected chi connectivity index (χ3v) is 3.48. The van der Waals surface area contributed by atoms with E-state index in [0.717, 1.165) is 18.7 Å². The van der Waals surface area contributed by atoms with E-state index in [2.05, 4.69) is 11.4 Å². The Labute approximate surface area is 105 Å². The maximum atomic E-state index is 11.9. The Morgan fingerprint density at radius 1 is 1.39 bits per heavy atom. The zero-order valence-corrected chi connectivity index (χ0v) is 9.85. The van der Waals surface area contributed by atoms with Crippen molar-refractivity contribution >= 4 is 11.8 Å². The number of nitriles is 1. The Morgan fingerprint density at radius 2 is 2.17 bits per heavy atom. The first-order valence-electron chi connectivity index (χ1n) is 5.94. The van der Waals surface area contributed by atoms with E-state index in [9.17, 15) is 4.79 Å². The van der Waals surface area contributed by atoms with Crippen molar-refractivity contribution in [2.24, 2.45) is 0 Å². The van der Waals surface area contributed by atoms with Crippen LogP contribution in [0.3, 0.4) is 0 Å². The summed E-state index contributed by atoms with van der Waals surface area (Å²) in [7, 11) is 0. The highest BCUT2D eigenvalue weighted by Crippen LogP contribution is 2.32. The molecule has 1 amide bonds. The van der Waals surface area contributed by atoms with Crippen LogP contribution in [0.5, 0.6) is 0 Å². The van der Waals surface area contributed by atoms with Gasteiger partial charge < -0.3 is 10.1 Å². The van der Waals surface area contributed by atoms with Crippen LogP contribution in [-0.4, -0.2) is 31.3 Å². The molecule has 1 aromatic carbocycles. The topological polar surface area (TPSA) is 65.4 Å². The molecule has 1 N–H and O–H groups in total. The molecule has 2 aliphatic heterocycles. The number of hydrogen-bond donors (Lipinski definition) is 1. The van der Waals surface area contributed by atoms with Gasteiger partial charge in [-0.15, -0.1) is 0 Å². The summed E-state index contributed by atoms with van der Waals surface area (Å²) in [5.41, 5.74) is 0.997. The monoisotopic (exact) mass is 243 g/mol. The second kappa shape index (κ2) is 4.00. The highest BCUT2D eigenvalue weighted by Gasteiger charge is 2.47. The van der Waals surface area contributed by atoms with Crippen molar-refractivity contribution in [2.45, 2.75) is 12.0 Å². The summed E-state index contributed by atoms with van der Waals surface area (Å²) in [5, 5.41) is 12.0. The first-order chi connectivity index (χ1) is 8.72. The van der Waals surface area contributed by atoms with E-state index in [-0.39, 0.29) is 11.7 Å². The zero-order chi connectivity index (χ0) is 12.6. The van der Waals surface area contributed by atoms with Gasteiger partial charge >= 0.3 is 6.09 Å². The van der Waals surface area contributed by atoms with Gasteiger partial charge in [0.2, 0.25) is 0 Å². The Morgan fingerprint density at radius 3 is 2.78 bits per heavy atom. The summed E-state index contributed by atoms with van der Waals surface area (Å²) in [6.07, 6.45) is 0.550. The van der Waals surface area contributed by atoms with Gasteiger partial charge in [0.15, 0.2) is 0 Å². The number of nitrogens with zero attached hydrogens (tertiary/aromatic N) is 2. The van der Waals surface area contributed by atoms with Gasteiger partial charge in [-0.3, -0.25) is 4.90 Å². The van der Waals surface area contributed by atoms with Crippen molar-refractivity contribution < 1.29 is 9.53 Å². The molecule has 1 spiro atoms. The van der Waals surface area contributed by atoms with Crippen molar-refractivity contribution in [3.63, 3.8) is 0 Å². The van der Waals surface area contributed by atoms with Crippen LogP contribution in [0.2, 0.25) is 0 Å². The third kappa shape index (κ3) is 1.71. The fourth-order valence-electron chi connectivity index (χ4n) is 2.48. The van der Waals surface area contributed by atoms with Gasteiger partial charge in [0.1, 0.15) is 5.60 Å². The van der Waals surface area contributed by atoms with E-state index >= 15 is 0 Å². The molecule has 92 valence electrons. The van der Waals surface area contributed by atoms with Gasteiger partial charge in [-0.25, -0.2) is 4.79 Å².